The van der Waals surface area contributed by atoms with Gasteiger partial charge in [-0.3, -0.25) is 4.90 Å². The van der Waals surface area contributed by atoms with Gasteiger partial charge in [0, 0.05) is 25.8 Å². The van der Waals surface area contributed by atoms with E-state index in [0.29, 0.717) is 19.6 Å². The van der Waals surface area contributed by atoms with Crippen LogP contribution in [0.3, 0.4) is 0 Å². The molecular formula is C18H28N4O. The number of urea groups is 1. The molecule has 1 aromatic rings. The molecule has 0 aromatic heterocycles. The number of hydrogen-bond acceptors (Lipinski definition) is 3. The Labute approximate surface area is 140 Å². The molecule has 0 saturated carbocycles. The summed E-state index contributed by atoms with van der Waals surface area (Å²) in [5, 5.41) is 5.58. The van der Waals surface area contributed by atoms with Crippen LogP contribution < -0.4 is 15.5 Å². The van der Waals surface area contributed by atoms with Crippen molar-refractivity contribution in [2.75, 3.05) is 52.2 Å². The van der Waals surface area contributed by atoms with Gasteiger partial charge in [-0.25, -0.2) is 4.79 Å². The average Bonchev–Trinajstić information content (AvgIpc) is 2.54. The summed E-state index contributed by atoms with van der Waals surface area (Å²) < 4.78 is 0. The Morgan fingerprint density at radius 1 is 1.04 bits per heavy atom. The van der Waals surface area contributed by atoms with Crippen LogP contribution in [-0.2, 0) is 0 Å². The van der Waals surface area contributed by atoms with Gasteiger partial charge in [-0.1, -0.05) is 30.0 Å². The van der Waals surface area contributed by atoms with Crippen LogP contribution in [0.2, 0.25) is 0 Å². The first kappa shape index (κ1) is 18.9. The summed E-state index contributed by atoms with van der Waals surface area (Å²) in [7, 11) is 6.01. The van der Waals surface area contributed by atoms with Crippen LogP contribution in [-0.4, -0.2) is 58.3 Å². The highest BCUT2D eigenvalue weighted by Gasteiger charge is 2.00. The monoisotopic (exact) mass is 316 g/mol. The molecule has 1 aromatic carbocycles. The van der Waals surface area contributed by atoms with Crippen LogP contribution in [0.4, 0.5) is 10.5 Å². The maximum atomic E-state index is 11.5. The number of unbranched alkanes of at least 4 members (excludes halogenated alkanes) is 1. The minimum Gasteiger partial charge on any atom is -0.375 e. The largest absolute Gasteiger partial charge is 0.375 e. The van der Waals surface area contributed by atoms with Gasteiger partial charge in [-0.2, -0.15) is 0 Å². The Balaban J connectivity index is 2.03. The number of para-hydroxylation sites is 1. The number of nitrogens with one attached hydrogen (secondary N) is 2. The highest BCUT2D eigenvalue weighted by Crippen LogP contribution is 2.11. The molecule has 0 aliphatic heterocycles. The van der Waals surface area contributed by atoms with E-state index in [0.717, 1.165) is 19.4 Å². The number of carbonyl (C=O) groups excluding carboxylic acids is 1. The molecule has 0 aliphatic carbocycles. The Kier molecular flexibility index (Phi) is 9.34. The van der Waals surface area contributed by atoms with Crippen molar-refractivity contribution < 1.29 is 4.79 Å². The van der Waals surface area contributed by atoms with Crippen molar-refractivity contribution in [2.24, 2.45) is 0 Å². The summed E-state index contributed by atoms with van der Waals surface area (Å²) in [5.74, 6) is 5.88. The summed E-state index contributed by atoms with van der Waals surface area (Å²) >= 11 is 0. The number of rotatable bonds is 8. The predicted octanol–water partition coefficient (Wildman–Crippen LogP) is 1.77. The molecule has 0 aliphatic rings. The first-order chi connectivity index (χ1) is 11.1. The molecule has 0 atom stereocenters. The van der Waals surface area contributed by atoms with Gasteiger partial charge in [0.05, 0.1) is 13.1 Å². The summed E-state index contributed by atoms with van der Waals surface area (Å²) in [4.78, 5) is 15.8. The maximum Gasteiger partial charge on any atom is 0.315 e. The second-order valence-corrected chi connectivity index (χ2v) is 5.67. The fraction of sp³-hybridized carbons (Fsp3) is 0.500. The zero-order valence-corrected chi connectivity index (χ0v) is 14.4. The average molecular weight is 316 g/mol. The Bertz CT molecular complexity index is 505. The lowest BCUT2D eigenvalue weighted by atomic mass is 10.2. The van der Waals surface area contributed by atoms with Crippen molar-refractivity contribution in [3.63, 3.8) is 0 Å². The number of anilines is 1. The van der Waals surface area contributed by atoms with Crippen LogP contribution in [0.1, 0.15) is 12.8 Å². The Hall–Kier alpha value is -2.19. The zero-order valence-electron chi connectivity index (χ0n) is 14.4. The molecular weight excluding hydrogens is 288 g/mol. The zero-order chi connectivity index (χ0) is 16.9. The van der Waals surface area contributed by atoms with Crippen molar-refractivity contribution >= 4 is 11.7 Å². The molecule has 0 bridgehead atoms. The first-order valence-corrected chi connectivity index (χ1v) is 7.98. The second-order valence-electron chi connectivity index (χ2n) is 5.67. The van der Waals surface area contributed by atoms with Gasteiger partial charge in [-0.05, 0) is 39.1 Å². The molecule has 0 fully saturated rings. The standard InChI is InChI=1S/C18H28N4O/c1-21(2)15-9-7-13-19-18(23)20-14-8-10-16-22(3)17-11-5-4-6-12-17/h4-6,11-12H,8,10,13-16H2,1-3H3,(H2,19,20,23). The molecule has 0 saturated heterocycles. The van der Waals surface area contributed by atoms with Gasteiger partial charge >= 0.3 is 6.03 Å². The lowest BCUT2D eigenvalue weighted by Crippen LogP contribution is -2.36. The maximum absolute atomic E-state index is 11.5. The minimum atomic E-state index is -0.152. The van der Waals surface area contributed by atoms with E-state index in [1.54, 1.807) is 0 Å². The van der Waals surface area contributed by atoms with Crippen molar-refractivity contribution in [1.29, 1.82) is 0 Å². The predicted molar refractivity (Wildman–Crippen MR) is 96.7 cm³/mol. The Morgan fingerprint density at radius 2 is 1.78 bits per heavy atom. The Morgan fingerprint density at radius 3 is 2.48 bits per heavy atom. The third-order valence-electron chi connectivity index (χ3n) is 3.26. The molecule has 0 radical (unpaired) electrons. The fourth-order valence-corrected chi connectivity index (χ4v) is 1.95. The normalized spacial score (nSPS) is 9.91. The van der Waals surface area contributed by atoms with E-state index in [4.69, 9.17) is 0 Å². The summed E-state index contributed by atoms with van der Waals surface area (Å²) in [6, 6.07) is 10.1. The SMILES string of the molecule is CN(C)CC#CCNC(=O)NCCCCN(C)c1ccccc1. The summed E-state index contributed by atoms with van der Waals surface area (Å²) in [6.07, 6.45) is 1.99. The lowest BCUT2D eigenvalue weighted by Gasteiger charge is -2.19. The number of benzene rings is 1. The third kappa shape index (κ3) is 9.43. The van der Waals surface area contributed by atoms with E-state index in [1.807, 2.05) is 37.2 Å². The first-order valence-electron chi connectivity index (χ1n) is 7.98. The van der Waals surface area contributed by atoms with E-state index in [-0.39, 0.29) is 6.03 Å². The van der Waals surface area contributed by atoms with E-state index in [2.05, 4.69) is 46.6 Å². The highest BCUT2D eigenvalue weighted by atomic mass is 16.2. The van der Waals surface area contributed by atoms with Crippen molar-refractivity contribution in [3.8, 4) is 11.8 Å². The number of carbonyl (C=O) groups is 1. The summed E-state index contributed by atoms with van der Waals surface area (Å²) in [6.45, 7) is 2.75. The molecule has 23 heavy (non-hydrogen) atoms. The smallest absolute Gasteiger partial charge is 0.315 e. The van der Waals surface area contributed by atoms with E-state index in [9.17, 15) is 4.79 Å². The van der Waals surface area contributed by atoms with Gasteiger partial charge in [0.1, 0.15) is 0 Å². The highest BCUT2D eigenvalue weighted by molar-refractivity contribution is 5.74. The number of amides is 2. The quantitative estimate of drug-likeness (QED) is 0.568. The van der Waals surface area contributed by atoms with Gasteiger partial charge in [0.25, 0.3) is 0 Å². The van der Waals surface area contributed by atoms with Crippen LogP contribution in [0.25, 0.3) is 0 Å². The lowest BCUT2D eigenvalue weighted by molar-refractivity contribution is 0.242. The van der Waals surface area contributed by atoms with Gasteiger partial charge in [-0.15, -0.1) is 0 Å². The van der Waals surface area contributed by atoms with Gasteiger partial charge < -0.3 is 15.5 Å². The van der Waals surface area contributed by atoms with Crippen molar-refractivity contribution in [3.05, 3.63) is 30.3 Å². The topological polar surface area (TPSA) is 47.6 Å². The van der Waals surface area contributed by atoms with Crippen LogP contribution >= 0.6 is 0 Å². The van der Waals surface area contributed by atoms with Crippen molar-refractivity contribution in [2.45, 2.75) is 12.8 Å². The van der Waals surface area contributed by atoms with Crippen LogP contribution in [0.5, 0.6) is 0 Å². The number of nitrogens with zero attached hydrogens (tertiary/aromatic N) is 2. The van der Waals surface area contributed by atoms with E-state index >= 15 is 0 Å². The van der Waals surface area contributed by atoms with Gasteiger partial charge in [0.2, 0.25) is 0 Å². The van der Waals surface area contributed by atoms with Crippen LogP contribution in [0.15, 0.2) is 30.3 Å². The van der Waals surface area contributed by atoms with Crippen LogP contribution in [0, 0.1) is 11.8 Å². The number of hydrogen-bond donors (Lipinski definition) is 2. The summed E-state index contributed by atoms with van der Waals surface area (Å²) in [5.41, 5.74) is 1.22. The third-order valence-corrected chi connectivity index (χ3v) is 3.26. The molecule has 126 valence electrons. The van der Waals surface area contributed by atoms with Gasteiger partial charge in [0.15, 0.2) is 0 Å². The molecule has 0 heterocycles. The van der Waals surface area contributed by atoms with E-state index < -0.39 is 0 Å². The fourth-order valence-electron chi connectivity index (χ4n) is 1.95. The van der Waals surface area contributed by atoms with E-state index in [1.165, 1.54) is 5.69 Å². The molecule has 5 heteroatoms. The second kappa shape index (κ2) is 11.4. The molecule has 0 unspecified atom stereocenters. The molecule has 2 amide bonds. The molecule has 2 N–H and O–H groups in total. The van der Waals surface area contributed by atoms with Crippen molar-refractivity contribution in [1.82, 2.24) is 15.5 Å². The minimum absolute atomic E-state index is 0.152. The molecule has 0 spiro atoms. The molecule has 5 nitrogen and oxygen atoms in total. The molecule has 1 rings (SSSR count).